The first-order valence-corrected chi connectivity index (χ1v) is 7.87. The van der Waals surface area contributed by atoms with Gasteiger partial charge in [0.15, 0.2) is 0 Å². The van der Waals surface area contributed by atoms with Gasteiger partial charge in [0.25, 0.3) is 0 Å². The van der Waals surface area contributed by atoms with E-state index in [2.05, 4.69) is 5.32 Å². The molecule has 0 radical (unpaired) electrons. The number of aromatic carboxylic acids is 1. The van der Waals surface area contributed by atoms with E-state index in [1.165, 1.54) is 0 Å². The van der Waals surface area contributed by atoms with Crippen molar-refractivity contribution >= 4 is 22.7 Å². The van der Waals surface area contributed by atoms with Crippen LogP contribution in [0, 0.1) is 5.82 Å². The van der Waals surface area contributed by atoms with Crippen molar-refractivity contribution in [3.05, 3.63) is 29.6 Å². The molecule has 1 rings (SSSR count). The Bertz CT molecular complexity index is 562. The number of amides is 1. The van der Waals surface area contributed by atoms with Gasteiger partial charge < -0.3 is 10.4 Å². The van der Waals surface area contributed by atoms with Gasteiger partial charge in [-0.15, -0.1) is 0 Å². The molecule has 1 amide bonds. The highest BCUT2D eigenvalue weighted by atomic mass is 32.2. The molecule has 0 aromatic heterocycles. The average molecular weight is 315 g/mol. The highest BCUT2D eigenvalue weighted by molar-refractivity contribution is 7.85. The molecule has 116 valence electrons. The maximum atomic E-state index is 13.6. The van der Waals surface area contributed by atoms with Crippen LogP contribution in [0.4, 0.5) is 4.39 Å². The van der Waals surface area contributed by atoms with Gasteiger partial charge in [0, 0.05) is 6.04 Å². The average Bonchev–Trinajstić information content (AvgIpc) is 2.38. The van der Waals surface area contributed by atoms with Crippen molar-refractivity contribution in [3.8, 4) is 0 Å². The smallest absolute Gasteiger partial charge is 0.335 e. The summed E-state index contributed by atoms with van der Waals surface area (Å²) in [7, 11) is -1.92. The Hall–Kier alpha value is -1.76. The van der Waals surface area contributed by atoms with Gasteiger partial charge in [-0.05, 0) is 31.5 Å². The lowest BCUT2D eigenvalue weighted by Crippen LogP contribution is -2.35. The Morgan fingerprint density at radius 2 is 2.10 bits per heavy atom. The minimum atomic E-state index is -1.92. The summed E-state index contributed by atoms with van der Waals surface area (Å²) in [4.78, 5) is 22.3. The minimum absolute atomic E-state index is 0.0466. The highest BCUT2D eigenvalue weighted by Crippen LogP contribution is 2.15. The van der Waals surface area contributed by atoms with Crippen molar-refractivity contribution in [3.63, 3.8) is 0 Å². The first kappa shape index (κ1) is 17.3. The van der Waals surface area contributed by atoms with Gasteiger partial charge in [-0.2, -0.15) is 0 Å². The molecule has 2 N–H and O–H groups in total. The lowest BCUT2D eigenvalue weighted by molar-refractivity contribution is -0.119. The van der Waals surface area contributed by atoms with Gasteiger partial charge in [-0.25, -0.2) is 9.18 Å². The number of hydrogen-bond acceptors (Lipinski definition) is 3. The van der Waals surface area contributed by atoms with Gasteiger partial charge in [0.05, 0.1) is 21.3 Å². The summed E-state index contributed by atoms with van der Waals surface area (Å²) < 4.78 is 25.6. The van der Waals surface area contributed by atoms with Crippen LogP contribution in [-0.2, 0) is 15.6 Å². The predicted octanol–water partition coefficient (Wildman–Crippen LogP) is 1.94. The van der Waals surface area contributed by atoms with E-state index in [0.717, 1.165) is 31.0 Å². The zero-order valence-corrected chi connectivity index (χ0v) is 12.7. The number of hydrogen-bond donors (Lipinski definition) is 2. The second-order valence-corrected chi connectivity index (χ2v) is 6.12. The van der Waals surface area contributed by atoms with E-state index < -0.39 is 34.2 Å². The Balaban J connectivity index is 2.77. The fourth-order valence-electron chi connectivity index (χ4n) is 1.83. The first-order valence-electron chi connectivity index (χ1n) is 6.55. The lowest BCUT2D eigenvalue weighted by Gasteiger charge is -2.12. The number of carbonyl (C=O) groups excluding carboxylic acids is 1. The number of halogens is 1. The van der Waals surface area contributed by atoms with Crippen LogP contribution in [0.25, 0.3) is 0 Å². The number of carbonyl (C=O) groups is 2. The van der Waals surface area contributed by atoms with Crippen LogP contribution < -0.4 is 5.32 Å². The van der Waals surface area contributed by atoms with Crippen LogP contribution in [-0.4, -0.2) is 33.0 Å². The molecule has 21 heavy (non-hydrogen) atoms. The van der Waals surface area contributed by atoms with Gasteiger partial charge in [-0.3, -0.25) is 9.00 Å². The molecule has 0 bridgehead atoms. The number of nitrogens with one attached hydrogen (secondary N) is 1. The maximum absolute atomic E-state index is 13.6. The summed E-state index contributed by atoms with van der Waals surface area (Å²) in [5.41, 5.74) is -0.167. The second-order valence-electron chi connectivity index (χ2n) is 4.70. The fraction of sp³-hybridized carbons (Fsp3) is 0.429. The zero-order chi connectivity index (χ0) is 16.0. The zero-order valence-electron chi connectivity index (χ0n) is 11.9. The van der Waals surface area contributed by atoms with Gasteiger partial charge >= 0.3 is 5.97 Å². The van der Waals surface area contributed by atoms with Crippen molar-refractivity contribution in [1.29, 1.82) is 0 Å². The van der Waals surface area contributed by atoms with E-state index in [4.69, 9.17) is 5.11 Å². The van der Waals surface area contributed by atoms with E-state index >= 15 is 0 Å². The van der Waals surface area contributed by atoms with E-state index in [1.807, 2.05) is 13.8 Å². The van der Waals surface area contributed by atoms with Crippen molar-refractivity contribution in [2.24, 2.45) is 0 Å². The molecule has 0 saturated heterocycles. The largest absolute Gasteiger partial charge is 0.478 e. The Morgan fingerprint density at radius 1 is 1.43 bits per heavy atom. The van der Waals surface area contributed by atoms with Gasteiger partial charge in [0.2, 0.25) is 5.91 Å². The van der Waals surface area contributed by atoms with Crippen LogP contribution in [0.15, 0.2) is 23.1 Å². The Labute approximate surface area is 125 Å². The lowest BCUT2D eigenvalue weighted by atomic mass is 10.2. The third kappa shape index (κ3) is 5.26. The van der Waals surface area contributed by atoms with Crippen LogP contribution in [0.3, 0.4) is 0 Å². The van der Waals surface area contributed by atoms with E-state index in [-0.39, 0.29) is 16.5 Å². The quantitative estimate of drug-likeness (QED) is 0.805. The molecule has 1 aromatic carbocycles. The van der Waals surface area contributed by atoms with Crippen molar-refractivity contribution in [2.45, 2.75) is 37.6 Å². The SMILES string of the molecule is CCCC(C)NC(=O)CS(=O)c1cc(C(=O)O)ccc1F. The molecule has 7 heteroatoms. The molecule has 2 unspecified atom stereocenters. The summed E-state index contributed by atoms with van der Waals surface area (Å²) in [6, 6.07) is 2.97. The standard InChI is InChI=1S/C14H18FNO4S/c1-3-4-9(2)16-13(17)8-21(20)12-7-10(14(18)19)5-6-11(12)15/h5-7,9H,3-4,8H2,1-2H3,(H,16,17)(H,18,19). The Morgan fingerprint density at radius 3 is 2.67 bits per heavy atom. The van der Waals surface area contributed by atoms with Crippen molar-refractivity contribution in [1.82, 2.24) is 5.32 Å². The summed E-state index contributed by atoms with van der Waals surface area (Å²) in [6.45, 7) is 3.81. The van der Waals surface area contributed by atoms with Crippen LogP contribution >= 0.6 is 0 Å². The third-order valence-electron chi connectivity index (χ3n) is 2.81. The maximum Gasteiger partial charge on any atom is 0.335 e. The summed E-state index contributed by atoms with van der Waals surface area (Å²) >= 11 is 0. The second kappa shape index (κ2) is 7.87. The number of carboxylic acids is 1. The van der Waals surface area contributed by atoms with Gasteiger partial charge in [-0.1, -0.05) is 13.3 Å². The Kier molecular flexibility index (Phi) is 6.48. The number of rotatable bonds is 7. The molecular formula is C14H18FNO4S. The summed E-state index contributed by atoms with van der Waals surface area (Å²) in [5.74, 6) is -2.87. The van der Waals surface area contributed by atoms with Crippen LogP contribution in [0.5, 0.6) is 0 Å². The predicted molar refractivity (Wildman–Crippen MR) is 77.1 cm³/mol. The van der Waals surface area contributed by atoms with Crippen molar-refractivity contribution in [2.75, 3.05) is 5.75 Å². The molecule has 2 atom stereocenters. The number of carboxylic acid groups (broad SMARTS) is 1. The molecule has 0 heterocycles. The molecular weight excluding hydrogens is 297 g/mol. The highest BCUT2D eigenvalue weighted by Gasteiger charge is 2.17. The molecule has 1 aromatic rings. The molecule has 0 saturated carbocycles. The molecule has 0 fully saturated rings. The third-order valence-corrected chi connectivity index (χ3v) is 4.14. The molecule has 0 aliphatic heterocycles. The van der Waals surface area contributed by atoms with E-state index in [0.29, 0.717) is 0 Å². The van der Waals surface area contributed by atoms with Crippen LogP contribution in [0.2, 0.25) is 0 Å². The summed E-state index contributed by atoms with van der Waals surface area (Å²) in [6.07, 6.45) is 1.70. The number of benzene rings is 1. The van der Waals surface area contributed by atoms with Crippen LogP contribution in [0.1, 0.15) is 37.0 Å². The molecule has 0 spiro atoms. The fourth-order valence-corrected chi connectivity index (χ4v) is 2.85. The topological polar surface area (TPSA) is 83.5 Å². The summed E-state index contributed by atoms with van der Waals surface area (Å²) in [5, 5.41) is 11.5. The minimum Gasteiger partial charge on any atom is -0.478 e. The molecule has 5 nitrogen and oxygen atoms in total. The van der Waals surface area contributed by atoms with Crippen molar-refractivity contribution < 1.29 is 23.3 Å². The van der Waals surface area contributed by atoms with E-state index in [1.54, 1.807) is 0 Å². The normalized spacial score (nSPS) is 13.5. The monoisotopic (exact) mass is 315 g/mol. The van der Waals surface area contributed by atoms with E-state index in [9.17, 15) is 18.2 Å². The molecule has 0 aliphatic carbocycles. The first-order chi connectivity index (χ1) is 9.85. The van der Waals surface area contributed by atoms with Gasteiger partial charge in [0.1, 0.15) is 11.6 Å². The molecule has 0 aliphatic rings.